The van der Waals surface area contributed by atoms with Gasteiger partial charge in [-0.15, -0.1) is 0 Å². The van der Waals surface area contributed by atoms with Gasteiger partial charge in [0.15, 0.2) is 0 Å². The molecule has 14 heavy (non-hydrogen) atoms. The van der Waals surface area contributed by atoms with Crippen molar-refractivity contribution in [2.24, 2.45) is 0 Å². The third-order valence-corrected chi connectivity index (χ3v) is 1.60. The smallest absolute Gasteiger partial charge is 0.384 e. The van der Waals surface area contributed by atoms with E-state index in [1.807, 2.05) is 0 Å². The Morgan fingerprint density at radius 2 is 2.29 bits per heavy atom. The van der Waals surface area contributed by atoms with Crippen molar-refractivity contribution in [2.45, 2.75) is 6.92 Å². The minimum atomic E-state index is -0.582. The maximum absolute atomic E-state index is 10.7. The van der Waals surface area contributed by atoms with E-state index in [9.17, 15) is 4.79 Å². The van der Waals surface area contributed by atoms with E-state index < -0.39 is 5.97 Å². The van der Waals surface area contributed by atoms with Gasteiger partial charge >= 0.3 is 5.97 Å². The second-order valence-electron chi connectivity index (χ2n) is 2.61. The summed E-state index contributed by atoms with van der Waals surface area (Å²) in [4.78, 5) is 14.8. The molecule has 72 valence electrons. The number of hydrogen-bond donors (Lipinski definition) is 1. The summed E-state index contributed by atoms with van der Waals surface area (Å²) in [6.07, 6.45) is 0. The molecule has 0 fully saturated rings. The Morgan fingerprint density at radius 3 is 2.86 bits per heavy atom. The predicted octanol–water partition coefficient (Wildman–Crippen LogP) is 0.497. The topological polar surface area (TPSA) is 65.2 Å². The fourth-order valence-electron chi connectivity index (χ4n) is 0.808. The van der Waals surface area contributed by atoms with Crippen LogP contribution in [0.25, 0.3) is 0 Å². The Morgan fingerprint density at radius 1 is 1.57 bits per heavy atom. The third-order valence-electron chi connectivity index (χ3n) is 1.60. The van der Waals surface area contributed by atoms with Gasteiger partial charge in [-0.25, -0.2) is 9.78 Å². The standard InChI is InChI=1S/C10H10N2O2/c1-7-9(11)5-3-8(12-7)4-6-10(13)14-2/h3,5H,11H2,1-2H3. The molecule has 0 saturated carbocycles. The van der Waals surface area contributed by atoms with E-state index in [1.54, 1.807) is 19.1 Å². The van der Waals surface area contributed by atoms with E-state index in [0.717, 1.165) is 0 Å². The van der Waals surface area contributed by atoms with Crippen LogP contribution in [-0.2, 0) is 9.53 Å². The molecule has 0 saturated heterocycles. The van der Waals surface area contributed by atoms with Crippen molar-refractivity contribution in [3.63, 3.8) is 0 Å². The van der Waals surface area contributed by atoms with Gasteiger partial charge in [-0.05, 0) is 25.0 Å². The minimum Gasteiger partial charge on any atom is -0.459 e. The molecule has 2 N–H and O–H groups in total. The second-order valence-corrected chi connectivity index (χ2v) is 2.61. The number of esters is 1. The molecule has 0 aliphatic rings. The monoisotopic (exact) mass is 190 g/mol. The number of ether oxygens (including phenoxy) is 1. The van der Waals surface area contributed by atoms with Crippen LogP contribution < -0.4 is 5.73 Å². The number of nitrogen functional groups attached to an aromatic ring is 1. The van der Waals surface area contributed by atoms with Crippen molar-refractivity contribution in [1.29, 1.82) is 0 Å². The van der Waals surface area contributed by atoms with Crippen molar-refractivity contribution in [2.75, 3.05) is 12.8 Å². The van der Waals surface area contributed by atoms with E-state index >= 15 is 0 Å². The molecule has 4 heteroatoms. The number of carbonyl (C=O) groups is 1. The SMILES string of the molecule is COC(=O)C#Cc1ccc(N)c(C)n1. The van der Waals surface area contributed by atoms with Crippen molar-refractivity contribution in [3.8, 4) is 11.8 Å². The summed E-state index contributed by atoms with van der Waals surface area (Å²) >= 11 is 0. The van der Waals surface area contributed by atoms with Gasteiger partial charge in [0.05, 0.1) is 18.5 Å². The zero-order valence-corrected chi connectivity index (χ0v) is 8.00. The summed E-state index contributed by atoms with van der Waals surface area (Å²) < 4.78 is 4.36. The maximum atomic E-state index is 10.7. The number of rotatable bonds is 0. The van der Waals surface area contributed by atoms with Gasteiger partial charge < -0.3 is 10.5 Å². The Kier molecular flexibility index (Phi) is 3.08. The van der Waals surface area contributed by atoms with Crippen LogP contribution in [0.5, 0.6) is 0 Å². The van der Waals surface area contributed by atoms with Gasteiger partial charge in [0.1, 0.15) is 5.69 Å². The van der Waals surface area contributed by atoms with Crippen LogP contribution in [0.1, 0.15) is 11.4 Å². The number of aryl methyl sites for hydroxylation is 1. The van der Waals surface area contributed by atoms with Gasteiger partial charge in [0, 0.05) is 5.92 Å². The lowest BCUT2D eigenvalue weighted by atomic mass is 10.3. The fraction of sp³-hybridized carbons (Fsp3) is 0.200. The molecule has 0 radical (unpaired) electrons. The number of hydrogen-bond acceptors (Lipinski definition) is 4. The molecule has 0 aliphatic heterocycles. The molecule has 0 bridgehead atoms. The molecular formula is C10H10N2O2. The molecule has 1 rings (SSSR count). The van der Waals surface area contributed by atoms with Gasteiger partial charge in [-0.3, -0.25) is 0 Å². The van der Waals surface area contributed by atoms with Crippen LogP contribution in [-0.4, -0.2) is 18.1 Å². The molecule has 1 aromatic heterocycles. The first kappa shape index (κ1) is 10.1. The lowest BCUT2D eigenvalue weighted by molar-refractivity contribution is -0.133. The average molecular weight is 190 g/mol. The quantitative estimate of drug-likeness (QED) is 0.478. The average Bonchev–Trinajstić information content (AvgIpc) is 2.19. The zero-order valence-electron chi connectivity index (χ0n) is 8.00. The molecule has 4 nitrogen and oxygen atoms in total. The lowest BCUT2D eigenvalue weighted by Crippen LogP contribution is -1.97. The maximum Gasteiger partial charge on any atom is 0.384 e. The molecule has 0 atom stereocenters. The van der Waals surface area contributed by atoms with Crippen molar-refractivity contribution in [1.82, 2.24) is 4.98 Å². The van der Waals surface area contributed by atoms with Gasteiger partial charge in [-0.2, -0.15) is 0 Å². The van der Waals surface area contributed by atoms with Crippen LogP contribution in [0.2, 0.25) is 0 Å². The largest absolute Gasteiger partial charge is 0.459 e. The summed E-state index contributed by atoms with van der Waals surface area (Å²) in [5.74, 6) is 4.27. The van der Waals surface area contributed by atoms with Crippen LogP contribution in [0.15, 0.2) is 12.1 Å². The molecule has 0 unspecified atom stereocenters. The van der Waals surface area contributed by atoms with Crippen LogP contribution in [0.4, 0.5) is 5.69 Å². The predicted molar refractivity (Wildman–Crippen MR) is 52.3 cm³/mol. The minimum absolute atomic E-state index is 0.502. The van der Waals surface area contributed by atoms with Crippen molar-refractivity contribution in [3.05, 3.63) is 23.5 Å². The highest BCUT2D eigenvalue weighted by Crippen LogP contribution is 2.06. The Hall–Kier alpha value is -2.02. The molecule has 1 aromatic rings. The number of nitrogens with two attached hydrogens (primary N) is 1. The van der Waals surface area contributed by atoms with Crippen LogP contribution >= 0.6 is 0 Å². The van der Waals surface area contributed by atoms with E-state index in [0.29, 0.717) is 17.1 Å². The lowest BCUT2D eigenvalue weighted by Gasteiger charge is -1.97. The Bertz CT molecular complexity index is 416. The van der Waals surface area contributed by atoms with Crippen LogP contribution in [0.3, 0.4) is 0 Å². The summed E-state index contributed by atoms with van der Waals surface area (Å²) in [5, 5.41) is 0. The summed E-state index contributed by atoms with van der Waals surface area (Å²) in [5.41, 5.74) is 7.37. The first-order valence-electron chi connectivity index (χ1n) is 3.96. The second kappa shape index (κ2) is 4.28. The molecular weight excluding hydrogens is 180 g/mol. The van der Waals surface area contributed by atoms with Gasteiger partial charge in [0.25, 0.3) is 0 Å². The van der Waals surface area contributed by atoms with E-state index in [1.165, 1.54) is 7.11 Å². The van der Waals surface area contributed by atoms with Crippen molar-refractivity contribution < 1.29 is 9.53 Å². The summed E-state index contributed by atoms with van der Waals surface area (Å²) in [6.45, 7) is 1.78. The highest BCUT2D eigenvalue weighted by molar-refractivity contribution is 5.88. The Balaban J connectivity index is 2.91. The number of aromatic nitrogens is 1. The molecule has 0 amide bonds. The Labute approximate surface area is 82.1 Å². The molecule has 1 heterocycles. The highest BCUT2D eigenvalue weighted by Gasteiger charge is 1.96. The normalized spacial score (nSPS) is 8.71. The number of anilines is 1. The van der Waals surface area contributed by atoms with E-state index in [4.69, 9.17) is 5.73 Å². The number of carbonyl (C=O) groups excluding carboxylic acids is 1. The van der Waals surface area contributed by atoms with E-state index in [-0.39, 0.29) is 0 Å². The number of nitrogens with zero attached hydrogens (tertiary/aromatic N) is 1. The fourth-order valence-corrected chi connectivity index (χ4v) is 0.808. The first-order valence-corrected chi connectivity index (χ1v) is 3.96. The number of pyridine rings is 1. The molecule has 0 spiro atoms. The van der Waals surface area contributed by atoms with E-state index in [2.05, 4.69) is 21.6 Å². The summed E-state index contributed by atoms with van der Waals surface area (Å²) in [7, 11) is 1.28. The van der Waals surface area contributed by atoms with Gasteiger partial charge in [-0.1, -0.05) is 0 Å². The zero-order chi connectivity index (χ0) is 10.6. The van der Waals surface area contributed by atoms with Crippen LogP contribution in [0, 0.1) is 18.8 Å². The number of methoxy groups -OCH3 is 1. The highest BCUT2D eigenvalue weighted by atomic mass is 16.5. The first-order chi connectivity index (χ1) is 6.63. The molecule has 0 aromatic carbocycles. The third kappa shape index (κ3) is 2.49. The van der Waals surface area contributed by atoms with Gasteiger partial charge in [0.2, 0.25) is 0 Å². The molecule has 0 aliphatic carbocycles. The summed E-state index contributed by atoms with van der Waals surface area (Å²) in [6, 6.07) is 3.35. The van der Waals surface area contributed by atoms with Crippen molar-refractivity contribution >= 4 is 11.7 Å².